The van der Waals surface area contributed by atoms with Crippen LogP contribution in [-0.4, -0.2) is 35.5 Å². The molecule has 0 unspecified atom stereocenters. The third kappa shape index (κ3) is 5.46. The number of pyridine rings is 1. The Morgan fingerprint density at radius 3 is 2.57 bits per heavy atom. The lowest BCUT2D eigenvalue weighted by Crippen LogP contribution is -2.28. The Morgan fingerprint density at radius 1 is 1.11 bits per heavy atom. The van der Waals surface area contributed by atoms with Crippen LogP contribution >= 0.6 is 0 Å². The van der Waals surface area contributed by atoms with Crippen LogP contribution in [0.25, 0.3) is 11.3 Å². The molecule has 0 saturated carbocycles. The van der Waals surface area contributed by atoms with Crippen LogP contribution in [0.3, 0.4) is 0 Å². The number of ether oxygens (including phenoxy) is 1. The second-order valence-electron chi connectivity index (χ2n) is 5.77. The van der Waals surface area contributed by atoms with E-state index in [-0.39, 0.29) is 18.0 Å². The predicted molar refractivity (Wildman–Crippen MR) is 96.1 cm³/mol. The first-order valence-corrected chi connectivity index (χ1v) is 9.61. The van der Waals surface area contributed by atoms with Gasteiger partial charge in [-0.05, 0) is 30.3 Å². The first-order chi connectivity index (χ1) is 13.2. The van der Waals surface area contributed by atoms with Crippen molar-refractivity contribution in [2.45, 2.75) is 12.8 Å². The molecular weight excluding hydrogens is 397 g/mol. The van der Waals surface area contributed by atoms with Gasteiger partial charge >= 0.3 is 6.18 Å². The van der Waals surface area contributed by atoms with Crippen molar-refractivity contribution >= 4 is 15.7 Å². The summed E-state index contributed by atoms with van der Waals surface area (Å²) in [4.78, 5) is 4.09. The Morgan fingerprint density at radius 2 is 1.93 bits per heavy atom. The van der Waals surface area contributed by atoms with E-state index in [1.165, 1.54) is 24.4 Å². The van der Waals surface area contributed by atoms with Gasteiger partial charge < -0.3 is 4.74 Å². The lowest BCUT2D eigenvalue weighted by Gasteiger charge is -2.15. The summed E-state index contributed by atoms with van der Waals surface area (Å²) in [5.74, 6) is -1.94. The van der Waals surface area contributed by atoms with Gasteiger partial charge in [0.2, 0.25) is 10.0 Å². The number of benzene rings is 1. The SMILES string of the molecule is O=S(=O)(CC(F)(F)F)Nc1ccc(-c2ccn[nH]2)cc1OCc1ccccn1. The normalized spacial score (nSPS) is 12.0. The quantitative estimate of drug-likeness (QED) is 0.620. The van der Waals surface area contributed by atoms with Gasteiger partial charge in [0, 0.05) is 18.0 Å². The van der Waals surface area contributed by atoms with Gasteiger partial charge in [0.1, 0.15) is 12.4 Å². The van der Waals surface area contributed by atoms with Gasteiger partial charge in [0.15, 0.2) is 5.75 Å². The average molecular weight is 412 g/mol. The number of alkyl halides is 3. The highest BCUT2D eigenvalue weighted by atomic mass is 32.2. The fourth-order valence-corrected chi connectivity index (χ4v) is 3.37. The van der Waals surface area contributed by atoms with Gasteiger partial charge in [-0.3, -0.25) is 14.8 Å². The molecule has 3 rings (SSSR count). The van der Waals surface area contributed by atoms with E-state index in [0.717, 1.165) is 0 Å². The van der Waals surface area contributed by atoms with Gasteiger partial charge in [-0.15, -0.1) is 0 Å². The number of hydrogen-bond acceptors (Lipinski definition) is 5. The Hall–Kier alpha value is -3.08. The molecule has 3 aromatic rings. The largest absolute Gasteiger partial charge is 0.485 e. The Kier molecular flexibility index (Phi) is 5.54. The Bertz CT molecular complexity index is 1020. The molecule has 7 nitrogen and oxygen atoms in total. The van der Waals surface area contributed by atoms with E-state index < -0.39 is 22.0 Å². The number of aromatic amines is 1. The second kappa shape index (κ2) is 7.89. The van der Waals surface area contributed by atoms with E-state index in [1.54, 1.807) is 30.5 Å². The number of nitrogens with zero attached hydrogens (tertiary/aromatic N) is 2. The maximum atomic E-state index is 12.5. The molecule has 0 amide bonds. The lowest BCUT2D eigenvalue weighted by atomic mass is 10.1. The molecule has 2 heterocycles. The highest BCUT2D eigenvalue weighted by Crippen LogP contribution is 2.32. The van der Waals surface area contributed by atoms with Crippen molar-refractivity contribution in [1.29, 1.82) is 0 Å². The molecule has 0 aliphatic heterocycles. The summed E-state index contributed by atoms with van der Waals surface area (Å²) in [7, 11) is -4.66. The molecule has 0 bridgehead atoms. The number of hydrogen-bond donors (Lipinski definition) is 2. The summed E-state index contributed by atoms with van der Waals surface area (Å²) in [6.45, 7) is 0.00126. The zero-order valence-corrected chi connectivity index (χ0v) is 15.1. The zero-order chi connectivity index (χ0) is 20.2. The summed E-state index contributed by atoms with van der Waals surface area (Å²) in [6.07, 6.45) is -1.77. The monoisotopic (exact) mass is 412 g/mol. The number of sulfonamides is 1. The number of anilines is 1. The molecule has 28 heavy (non-hydrogen) atoms. The maximum Gasteiger partial charge on any atom is 0.404 e. The predicted octanol–water partition coefficient (Wildman–Crippen LogP) is 3.35. The molecule has 0 aliphatic carbocycles. The van der Waals surface area contributed by atoms with Crippen LogP contribution in [0, 0.1) is 0 Å². The minimum absolute atomic E-state index is 0.00126. The van der Waals surface area contributed by atoms with Crippen molar-refractivity contribution in [3.05, 3.63) is 60.6 Å². The Balaban J connectivity index is 1.89. The van der Waals surface area contributed by atoms with Crippen LogP contribution in [-0.2, 0) is 16.6 Å². The van der Waals surface area contributed by atoms with Crippen LogP contribution < -0.4 is 9.46 Å². The number of aromatic nitrogens is 3. The highest BCUT2D eigenvalue weighted by molar-refractivity contribution is 7.92. The molecule has 11 heteroatoms. The smallest absolute Gasteiger partial charge is 0.404 e. The average Bonchev–Trinajstić information content (AvgIpc) is 3.14. The van der Waals surface area contributed by atoms with E-state index in [1.807, 2.05) is 4.72 Å². The van der Waals surface area contributed by atoms with E-state index in [9.17, 15) is 21.6 Å². The molecule has 0 atom stereocenters. The fraction of sp³-hybridized carbons (Fsp3) is 0.176. The molecule has 148 valence electrons. The number of rotatable bonds is 7. The Labute approximate surface area is 158 Å². The standard InChI is InChI=1S/C17H15F3N4O3S/c18-17(19,20)11-28(25,26)24-15-5-4-12(14-6-8-22-23-14)9-16(15)27-10-13-3-1-2-7-21-13/h1-9,24H,10-11H2,(H,22,23). The number of nitrogens with one attached hydrogen (secondary N) is 2. The fourth-order valence-electron chi connectivity index (χ4n) is 2.36. The first-order valence-electron chi connectivity index (χ1n) is 7.96. The zero-order valence-electron chi connectivity index (χ0n) is 14.3. The minimum Gasteiger partial charge on any atom is -0.485 e. The van der Waals surface area contributed by atoms with Crippen LogP contribution in [0.1, 0.15) is 5.69 Å². The maximum absolute atomic E-state index is 12.5. The van der Waals surface area contributed by atoms with Crippen molar-refractivity contribution in [2.24, 2.45) is 0 Å². The van der Waals surface area contributed by atoms with Gasteiger partial charge in [-0.1, -0.05) is 12.1 Å². The molecule has 2 N–H and O–H groups in total. The summed E-state index contributed by atoms with van der Waals surface area (Å²) in [5.41, 5.74) is 1.71. The minimum atomic E-state index is -4.86. The van der Waals surface area contributed by atoms with Gasteiger partial charge in [-0.2, -0.15) is 18.3 Å². The summed E-state index contributed by atoms with van der Waals surface area (Å²) >= 11 is 0. The van der Waals surface area contributed by atoms with Gasteiger partial charge in [0.05, 0.1) is 17.1 Å². The number of H-pyrrole nitrogens is 1. The van der Waals surface area contributed by atoms with Crippen molar-refractivity contribution in [3.63, 3.8) is 0 Å². The molecule has 2 aromatic heterocycles. The van der Waals surface area contributed by atoms with E-state index >= 15 is 0 Å². The van der Waals surface area contributed by atoms with E-state index in [0.29, 0.717) is 17.0 Å². The van der Waals surface area contributed by atoms with E-state index in [4.69, 9.17) is 4.74 Å². The molecule has 0 spiro atoms. The molecular formula is C17H15F3N4O3S. The van der Waals surface area contributed by atoms with Crippen LogP contribution in [0.4, 0.5) is 18.9 Å². The third-order valence-corrected chi connectivity index (χ3v) is 4.75. The van der Waals surface area contributed by atoms with Gasteiger partial charge in [0.25, 0.3) is 0 Å². The molecule has 1 aromatic carbocycles. The van der Waals surface area contributed by atoms with E-state index in [2.05, 4.69) is 15.2 Å². The van der Waals surface area contributed by atoms with Crippen LogP contribution in [0.5, 0.6) is 5.75 Å². The number of halogens is 3. The third-order valence-electron chi connectivity index (χ3n) is 3.51. The van der Waals surface area contributed by atoms with Crippen LogP contribution in [0.15, 0.2) is 54.9 Å². The lowest BCUT2D eigenvalue weighted by molar-refractivity contribution is -0.106. The highest BCUT2D eigenvalue weighted by Gasteiger charge is 2.35. The topological polar surface area (TPSA) is 97.0 Å². The second-order valence-corrected chi connectivity index (χ2v) is 7.49. The first kappa shape index (κ1) is 19.7. The summed E-state index contributed by atoms with van der Waals surface area (Å²) in [6, 6.07) is 11.2. The van der Waals surface area contributed by atoms with Crippen molar-refractivity contribution < 1.29 is 26.3 Å². The molecule has 0 aliphatic rings. The van der Waals surface area contributed by atoms with Crippen molar-refractivity contribution in [2.75, 3.05) is 10.5 Å². The molecule has 0 radical (unpaired) electrons. The molecule has 0 saturated heterocycles. The van der Waals surface area contributed by atoms with Crippen LogP contribution in [0.2, 0.25) is 0 Å². The summed E-state index contributed by atoms with van der Waals surface area (Å²) in [5, 5.41) is 6.58. The summed E-state index contributed by atoms with van der Waals surface area (Å²) < 4.78 is 68.8. The van der Waals surface area contributed by atoms with Crippen molar-refractivity contribution in [1.82, 2.24) is 15.2 Å². The van der Waals surface area contributed by atoms with Crippen molar-refractivity contribution in [3.8, 4) is 17.0 Å². The molecule has 0 fully saturated rings. The van der Waals surface area contributed by atoms with Gasteiger partial charge in [-0.25, -0.2) is 8.42 Å².